The second-order valence-corrected chi connectivity index (χ2v) is 3.90. The summed E-state index contributed by atoms with van der Waals surface area (Å²) in [5, 5.41) is 2.90. The Bertz CT molecular complexity index is 416. The summed E-state index contributed by atoms with van der Waals surface area (Å²) in [7, 11) is 1.66. The molecule has 0 aromatic heterocycles. The highest BCUT2D eigenvalue weighted by atomic mass is 16.5. The van der Waals surface area contributed by atoms with Gasteiger partial charge in [0, 0.05) is 12.8 Å². The van der Waals surface area contributed by atoms with Crippen molar-refractivity contribution in [3.63, 3.8) is 0 Å². The molecule has 1 saturated carbocycles. The zero-order chi connectivity index (χ0) is 9.76. The van der Waals surface area contributed by atoms with E-state index >= 15 is 0 Å². The number of carbonyl (C=O) groups excluding carboxylic acids is 1. The summed E-state index contributed by atoms with van der Waals surface area (Å²) in [5.41, 5.74) is 1.67. The number of hydrogen-bond donors (Lipinski definition) is 1. The minimum Gasteiger partial charge on any atom is -0.380 e. The van der Waals surface area contributed by atoms with Gasteiger partial charge in [-0.15, -0.1) is 0 Å². The fourth-order valence-electron chi connectivity index (χ4n) is 2.38. The van der Waals surface area contributed by atoms with E-state index in [1.165, 1.54) is 0 Å². The van der Waals surface area contributed by atoms with Crippen molar-refractivity contribution in [1.82, 2.24) is 0 Å². The van der Waals surface area contributed by atoms with Crippen LogP contribution in [0.4, 0.5) is 5.69 Å². The number of nitrogens with one attached hydrogen (secondary N) is 1. The Morgan fingerprint density at radius 2 is 2.29 bits per heavy atom. The Balaban J connectivity index is 2.13. The molecule has 0 radical (unpaired) electrons. The van der Waals surface area contributed by atoms with Crippen molar-refractivity contribution in [2.75, 3.05) is 12.4 Å². The second kappa shape index (κ2) is 2.36. The molecule has 2 unspecified atom stereocenters. The molecule has 1 amide bonds. The molecule has 0 bridgehead atoms. The van der Waals surface area contributed by atoms with Crippen LogP contribution in [0.1, 0.15) is 12.0 Å². The zero-order valence-corrected chi connectivity index (χ0v) is 7.91. The van der Waals surface area contributed by atoms with Crippen molar-refractivity contribution < 1.29 is 9.53 Å². The molecule has 0 saturated heterocycles. The molecule has 1 spiro atoms. The highest BCUT2D eigenvalue weighted by Gasteiger charge is 2.65. The van der Waals surface area contributed by atoms with Gasteiger partial charge >= 0.3 is 0 Å². The maximum Gasteiger partial charge on any atom is 0.237 e. The molecule has 3 heteroatoms. The summed E-state index contributed by atoms with van der Waals surface area (Å²) in [5.74, 6) is 0.0885. The van der Waals surface area contributed by atoms with Gasteiger partial charge < -0.3 is 10.1 Å². The van der Waals surface area contributed by atoms with Crippen molar-refractivity contribution in [3.05, 3.63) is 29.8 Å². The predicted octanol–water partition coefficient (Wildman–Crippen LogP) is 1.30. The van der Waals surface area contributed by atoms with Crippen molar-refractivity contribution in [1.29, 1.82) is 0 Å². The van der Waals surface area contributed by atoms with Crippen molar-refractivity contribution >= 4 is 11.6 Å². The van der Waals surface area contributed by atoms with Gasteiger partial charge in [0.15, 0.2) is 0 Å². The zero-order valence-electron chi connectivity index (χ0n) is 7.91. The molecule has 2 atom stereocenters. The smallest absolute Gasteiger partial charge is 0.237 e. The molecule has 72 valence electrons. The lowest BCUT2D eigenvalue weighted by molar-refractivity contribution is -0.118. The van der Waals surface area contributed by atoms with Crippen LogP contribution >= 0.6 is 0 Å². The first-order valence-corrected chi connectivity index (χ1v) is 4.73. The van der Waals surface area contributed by atoms with Crippen molar-refractivity contribution in [2.45, 2.75) is 17.9 Å². The van der Waals surface area contributed by atoms with Crippen LogP contribution in [0, 0.1) is 0 Å². The molecule has 1 aliphatic heterocycles. The third-order valence-electron chi connectivity index (χ3n) is 3.24. The minimum atomic E-state index is -0.370. The Morgan fingerprint density at radius 3 is 3.00 bits per heavy atom. The molecule has 1 aromatic carbocycles. The molecule has 1 aliphatic carbocycles. The molecular weight excluding hydrogens is 178 g/mol. The summed E-state index contributed by atoms with van der Waals surface area (Å²) in [4.78, 5) is 11.8. The van der Waals surface area contributed by atoms with Crippen LogP contribution in [-0.4, -0.2) is 19.1 Å². The van der Waals surface area contributed by atoms with Crippen LogP contribution in [0.2, 0.25) is 0 Å². The van der Waals surface area contributed by atoms with Crippen LogP contribution in [0.5, 0.6) is 0 Å². The van der Waals surface area contributed by atoms with Gasteiger partial charge in [0.2, 0.25) is 5.91 Å². The van der Waals surface area contributed by atoms with Gasteiger partial charge in [0.1, 0.15) is 5.41 Å². The van der Waals surface area contributed by atoms with Gasteiger partial charge in [-0.25, -0.2) is 0 Å². The molecule has 1 N–H and O–H groups in total. The number of fused-ring (bicyclic) bond motifs is 2. The summed E-state index contributed by atoms with van der Waals surface area (Å²) in [6, 6.07) is 7.84. The molecule has 1 aromatic rings. The summed E-state index contributed by atoms with van der Waals surface area (Å²) in [6.07, 6.45) is 0.873. The third-order valence-corrected chi connectivity index (χ3v) is 3.24. The van der Waals surface area contributed by atoms with Gasteiger partial charge in [0.25, 0.3) is 0 Å². The fraction of sp³-hybridized carbons (Fsp3) is 0.364. The molecule has 1 heterocycles. The standard InChI is InChI=1S/C11H11NO2/c1-14-9-6-11(9)7-4-2-3-5-8(7)12-10(11)13/h2-5,9H,6H2,1H3,(H,12,13). The van der Waals surface area contributed by atoms with E-state index in [0.29, 0.717) is 0 Å². The van der Waals surface area contributed by atoms with Gasteiger partial charge in [-0.3, -0.25) is 4.79 Å². The minimum absolute atomic E-state index is 0.0612. The lowest BCUT2D eigenvalue weighted by Crippen LogP contribution is -2.23. The van der Waals surface area contributed by atoms with Gasteiger partial charge in [0.05, 0.1) is 6.10 Å². The van der Waals surface area contributed by atoms with Gasteiger partial charge in [-0.05, 0) is 18.1 Å². The number of ether oxygens (including phenoxy) is 1. The SMILES string of the molecule is COC1CC12C(=O)Nc1ccccc12. The maximum absolute atomic E-state index is 11.8. The van der Waals surface area contributed by atoms with Crippen LogP contribution in [0.25, 0.3) is 0 Å². The first-order chi connectivity index (χ1) is 6.79. The molecule has 3 rings (SSSR count). The Kier molecular flexibility index (Phi) is 1.35. The molecular formula is C11H11NO2. The number of amides is 1. The van der Waals surface area contributed by atoms with Crippen LogP contribution < -0.4 is 5.32 Å². The van der Waals surface area contributed by atoms with Gasteiger partial charge in [-0.1, -0.05) is 18.2 Å². The van der Waals surface area contributed by atoms with E-state index in [1.807, 2.05) is 24.3 Å². The predicted molar refractivity (Wildman–Crippen MR) is 52.2 cm³/mol. The van der Waals surface area contributed by atoms with E-state index in [-0.39, 0.29) is 17.4 Å². The number of rotatable bonds is 1. The number of para-hydroxylation sites is 1. The maximum atomic E-state index is 11.8. The van der Waals surface area contributed by atoms with E-state index in [1.54, 1.807) is 7.11 Å². The molecule has 3 nitrogen and oxygen atoms in total. The Morgan fingerprint density at radius 1 is 1.50 bits per heavy atom. The quantitative estimate of drug-likeness (QED) is 0.723. The van der Waals surface area contributed by atoms with Crippen LogP contribution in [0.3, 0.4) is 0 Å². The average molecular weight is 189 g/mol. The lowest BCUT2D eigenvalue weighted by atomic mass is 9.97. The highest BCUT2D eigenvalue weighted by molar-refractivity contribution is 6.09. The fourth-order valence-corrected chi connectivity index (χ4v) is 2.38. The van der Waals surface area contributed by atoms with Crippen molar-refractivity contribution in [2.24, 2.45) is 0 Å². The van der Waals surface area contributed by atoms with E-state index < -0.39 is 0 Å². The van der Waals surface area contributed by atoms with E-state index in [9.17, 15) is 4.79 Å². The van der Waals surface area contributed by atoms with Crippen molar-refractivity contribution in [3.8, 4) is 0 Å². The van der Waals surface area contributed by atoms with E-state index in [0.717, 1.165) is 17.7 Å². The number of anilines is 1. The summed E-state index contributed by atoms with van der Waals surface area (Å²) < 4.78 is 5.27. The number of methoxy groups -OCH3 is 1. The third kappa shape index (κ3) is 0.738. The Labute approximate surface area is 82.1 Å². The first kappa shape index (κ1) is 8.00. The number of hydrogen-bond acceptors (Lipinski definition) is 2. The number of carbonyl (C=O) groups is 1. The van der Waals surface area contributed by atoms with Gasteiger partial charge in [-0.2, -0.15) is 0 Å². The summed E-state index contributed by atoms with van der Waals surface area (Å²) in [6.45, 7) is 0. The second-order valence-electron chi connectivity index (χ2n) is 3.90. The highest BCUT2D eigenvalue weighted by Crippen LogP contribution is 2.56. The van der Waals surface area contributed by atoms with E-state index in [2.05, 4.69) is 5.32 Å². The largest absolute Gasteiger partial charge is 0.380 e. The summed E-state index contributed by atoms with van der Waals surface area (Å²) >= 11 is 0. The first-order valence-electron chi connectivity index (χ1n) is 4.73. The topological polar surface area (TPSA) is 38.3 Å². The lowest BCUT2D eigenvalue weighted by Gasteiger charge is -2.05. The molecule has 2 aliphatic rings. The van der Waals surface area contributed by atoms with Crippen LogP contribution in [-0.2, 0) is 14.9 Å². The Hall–Kier alpha value is -1.35. The normalized spacial score (nSPS) is 32.9. The number of benzene rings is 1. The molecule has 1 fully saturated rings. The average Bonchev–Trinajstić information content (AvgIpc) is 2.87. The van der Waals surface area contributed by atoms with Crippen LogP contribution in [0.15, 0.2) is 24.3 Å². The van der Waals surface area contributed by atoms with E-state index in [4.69, 9.17) is 4.74 Å². The molecule has 14 heavy (non-hydrogen) atoms. The monoisotopic (exact) mass is 189 g/mol.